The zero-order valence-electron chi connectivity index (χ0n) is 10.2. The summed E-state index contributed by atoms with van der Waals surface area (Å²) in [7, 11) is 0. The highest BCUT2D eigenvalue weighted by molar-refractivity contribution is 6.47. The van der Waals surface area contributed by atoms with Crippen molar-refractivity contribution in [2.75, 3.05) is 5.32 Å². The van der Waals surface area contributed by atoms with E-state index < -0.39 is 11.6 Å². The minimum Gasteiger partial charge on any atom is -0.326 e. The Hall–Kier alpha value is -2.04. The number of ketones is 1. The van der Waals surface area contributed by atoms with Crippen LogP contribution in [0.4, 0.5) is 10.1 Å². The maximum atomic E-state index is 13.7. The summed E-state index contributed by atoms with van der Waals surface area (Å²) in [5.74, 6) is -1.24. The van der Waals surface area contributed by atoms with Crippen molar-refractivity contribution >= 4 is 23.1 Å². The Morgan fingerprint density at radius 1 is 1.44 bits per heavy atom. The van der Waals surface area contributed by atoms with Crippen LogP contribution in [0.3, 0.4) is 0 Å². The number of fused-ring (bicyclic) bond motifs is 1. The van der Waals surface area contributed by atoms with E-state index in [2.05, 4.69) is 5.32 Å². The van der Waals surface area contributed by atoms with Crippen LogP contribution in [0.5, 0.6) is 0 Å². The number of hydrogen-bond acceptors (Lipinski definition) is 3. The monoisotopic (exact) mass is 248 g/mol. The summed E-state index contributed by atoms with van der Waals surface area (Å²) in [5.41, 5.74) is 1.44. The van der Waals surface area contributed by atoms with Gasteiger partial charge in [0.25, 0.3) is 0 Å². The summed E-state index contributed by atoms with van der Waals surface area (Å²) >= 11 is 0. The van der Waals surface area contributed by atoms with Crippen LogP contribution < -0.4 is 5.32 Å². The van der Waals surface area contributed by atoms with Gasteiger partial charge in [-0.2, -0.15) is 0 Å². The lowest BCUT2D eigenvalue weighted by Gasteiger charge is -2.21. The Labute approximate surface area is 104 Å². The van der Waals surface area contributed by atoms with Crippen molar-refractivity contribution in [2.24, 2.45) is 0 Å². The fourth-order valence-corrected chi connectivity index (χ4v) is 2.18. The number of nitrogens with one attached hydrogen (secondary N) is 2. The SMILES string of the molecule is CC(=O)Nc1cc(F)c(C)c2c1C(=O)C(=N)CC2. The summed E-state index contributed by atoms with van der Waals surface area (Å²) in [4.78, 5) is 23.1. The first-order valence-electron chi connectivity index (χ1n) is 5.63. The molecule has 5 heteroatoms. The molecule has 1 aromatic rings. The molecule has 4 nitrogen and oxygen atoms in total. The number of anilines is 1. The molecule has 0 bridgehead atoms. The van der Waals surface area contributed by atoms with Gasteiger partial charge in [0.2, 0.25) is 11.7 Å². The van der Waals surface area contributed by atoms with E-state index in [0.717, 1.165) is 6.07 Å². The first-order chi connectivity index (χ1) is 8.41. The quantitative estimate of drug-likeness (QED) is 0.800. The molecule has 0 aromatic heterocycles. The van der Waals surface area contributed by atoms with Crippen molar-refractivity contribution in [3.63, 3.8) is 0 Å². The zero-order chi connectivity index (χ0) is 13.4. The van der Waals surface area contributed by atoms with E-state index in [-0.39, 0.29) is 22.9 Å². The van der Waals surface area contributed by atoms with Crippen molar-refractivity contribution in [1.29, 1.82) is 5.41 Å². The maximum Gasteiger partial charge on any atom is 0.221 e. The fraction of sp³-hybridized carbons (Fsp3) is 0.308. The lowest BCUT2D eigenvalue weighted by molar-refractivity contribution is -0.114. The lowest BCUT2D eigenvalue weighted by atomic mass is 9.85. The third kappa shape index (κ3) is 1.92. The van der Waals surface area contributed by atoms with E-state index in [4.69, 9.17) is 5.41 Å². The van der Waals surface area contributed by atoms with E-state index in [1.54, 1.807) is 6.92 Å². The molecule has 0 heterocycles. The Balaban J connectivity index is 2.68. The third-order valence-corrected chi connectivity index (χ3v) is 3.09. The van der Waals surface area contributed by atoms with Crippen LogP contribution >= 0.6 is 0 Å². The molecular weight excluding hydrogens is 235 g/mol. The fourth-order valence-electron chi connectivity index (χ4n) is 2.18. The van der Waals surface area contributed by atoms with Gasteiger partial charge in [-0.3, -0.25) is 9.59 Å². The summed E-state index contributed by atoms with van der Waals surface area (Å²) in [6.07, 6.45) is 0.770. The number of rotatable bonds is 1. The van der Waals surface area contributed by atoms with Gasteiger partial charge in [0.1, 0.15) is 5.82 Å². The minimum atomic E-state index is -0.446. The molecule has 94 valence electrons. The number of amides is 1. The van der Waals surface area contributed by atoms with Gasteiger partial charge in [0, 0.05) is 6.92 Å². The molecule has 1 aliphatic rings. The largest absolute Gasteiger partial charge is 0.326 e. The molecule has 1 amide bonds. The lowest BCUT2D eigenvalue weighted by Crippen LogP contribution is -2.25. The number of halogens is 1. The first-order valence-corrected chi connectivity index (χ1v) is 5.63. The molecule has 1 aromatic carbocycles. The molecule has 0 saturated carbocycles. The van der Waals surface area contributed by atoms with Gasteiger partial charge in [-0.05, 0) is 37.0 Å². The Morgan fingerprint density at radius 3 is 2.72 bits per heavy atom. The second-order valence-electron chi connectivity index (χ2n) is 4.37. The Kier molecular flexibility index (Phi) is 2.98. The van der Waals surface area contributed by atoms with Crippen molar-refractivity contribution in [3.05, 3.63) is 28.6 Å². The molecule has 2 rings (SSSR count). The van der Waals surface area contributed by atoms with Crippen molar-refractivity contribution < 1.29 is 14.0 Å². The highest BCUT2D eigenvalue weighted by Crippen LogP contribution is 2.31. The second-order valence-corrected chi connectivity index (χ2v) is 4.37. The number of benzene rings is 1. The number of carbonyl (C=O) groups is 2. The summed E-state index contributed by atoms with van der Waals surface area (Å²) in [5, 5.41) is 10.0. The van der Waals surface area contributed by atoms with Crippen molar-refractivity contribution in [3.8, 4) is 0 Å². The molecule has 0 unspecified atom stereocenters. The maximum absolute atomic E-state index is 13.7. The van der Waals surface area contributed by atoms with E-state index in [1.807, 2.05) is 0 Å². The van der Waals surface area contributed by atoms with Crippen LogP contribution in [0.2, 0.25) is 0 Å². The molecule has 0 fully saturated rings. The van der Waals surface area contributed by atoms with E-state index >= 15 is 0 Å². The normalized spacial score (nSPS) is 14.4. The van der Waals surface area contributed by atoms with Gasteiger partial charge in [-0.25, -0.2) is 4.39 Å². The Bertz CT molecular complexity index is 579. The van der Waals surface area contributed by atoms with Crippen LogP contribution in [0.15, 0.2) is 6.07 Å². The van der Waals surface area contributed by atoms with Gasteiger partial charge >= 0.3 is 0 Å². The first kappa shape index (κ1) is 12.4. The molecule has 0 radical (unpaired) electrons. The highest BCUT2D eigenvalue weighted by atomic mass is 19.1. The van der Waals surface area contributed by atoms with Crippen LogP contribution in [-0.2, 0) is 11.2 Å². The van der Waals surface area contributed by atoms with Gasteiger partial charge in [0.05, 0.1) is 17.0 Å². The molecule has 0 spiro atoms. The topological polar surface area (TPSA) is 70.0 Å². The highest BCUT2D eigenvalue weighted by Gasteiger charge is 2.28. The summed E-state index contributed by atoms with van der Waals surface area (Å²) < 4.78 is 13.7. The van der Waals surface area contributed by atoms with Crippen molar-refractivity contribution in [2.45, 2.75) is 26.7 Å². The second kappa shape index (κ2) is 4.33. The van der Waals surface area contributed by atoms with Gasteiger partial charge in [-0.1, -0.05) is 0 Å². The van der Waals surface area contributed by atoms with Crippen LogP contribution in [0.1, 0.15) is 34.8 Å². The molecule has 2 N–H and O–H groups in total. The average molecular weight is 248 g/mol. The summed E-state index contributed by atoms with van der Waals surface area (Å²) in [6, 6.07) is 1.14. The van der Waals surface area contributed by atoms with Gasteiger partial charge in [0.15, 0.2) is 0 Å². The van der Waals surface area contributed by atoms with Crippen LogP contribution in [-0.4, -0.2) is 17.4 Å². The molecule has 1 aliphatic carbocycles. The van der Waals surface area contributed by atoms with Gasteiger partial charge < -0.3 is 10.7 Å². The third-order valence-electron chi connectivity index (χ3n) is 3.09. The number of hydrogen-bond donors (Lipinski definition) is 2. The smallest absolute Gasteiger partial charge is 0.221 e. The standard InChI is InChI=1S/C13H13FN2O2/c1-6-8-3-4-10(15)13(18)12(8)11(5-9(6)14)16-7(2)17/h5,15H,3-4H2,1-2H3,(H,16,17). The molecule has 0 atom stereocenters. The predicted octanol–water partition coefficient (Wildman–Crippen LogP) is 2.24. The molecule has 0 saturated heterocycles. The van der Waals surface area contributed by atoms with Crippen molar-refractivity contribution in [1.82, 2.24) is 0 Å². The van der Waals surface area contributed by atoms with Crippen LogP contribution in [0, 0.1) is 18.2 Å². The molecular formula is C13H13FN2O2. The van der Waals surface area contributed by atoms with Gasteiger partial charge in [-0.15, -0.1) is 0 Å². The number of Topliss-reactive ketones (excluding diaryl/α,β-unsaturated/α-hetero) is 1. The van der Waals surface area contributed by atoms with E-state index in [1.165, 1.54) is 6.92 Å². The van der Waals surface area contributed by atoms with E-state index in [0.29, 0.717) is 24.0 Å². The number of carbonyl (C=O) groups excluding carboxylic acids is 2. The molecule has 0 aliphatic heterocycles. The minimum absolute atomic E-state index is 0.000102. The Morgan fingerprint density at radius 2 is 2.11 bits per heavy atom. The molecule has 18 heavy (non-hydrogen) atoms. The zero-order valence-corrected chi connectivity index (χ0v) is 10.2. The summed E-state index contributed by atoms with van der Waals surface area (Å²) in [6.45, 7) is 2.90. The van der Waals surface area contributed by atoms with E-state index in [9.17, 15) is 14.0 Å². The predicted molar refractivity (Wildman–Crippen MR) is 65.8 cm³/mol. The average Bonchev–Trinajstić information content (AvgIpc) is 2.28. The van der Waals surface area contributed by atoms with Crippen LogP contribution in [0.25, 0.3) is 0 Å².